The van der Waals surface area contributed by atoms with Gasteiger partial charge in [0.2, 0.25) is 12.0 Å². The van der Waals surface area contributed by atoms with Crippen molar-refractivity contribution < 1.29 is 37.3 Å². The van der Waals surface area contributed by atoms with Crippen LogP contribution in [-0.4, -0.2) is 41.2 Å². The molecule has 0 saturated heterocycles. The van der Waals surface area contributed by atoms with Crippen molar-refractivity contribution in [1.82, 2.24) is 0 Å². The van der Waals surface area contributed by atoms with E-state index in [4.69, 9.17) is 14.9 Å². The molecule has 0 fully saturated rings. The number of alkyl halides is 4. The number of carbonyl (C=O) groups excluding carboxylic acids is 1. The molecule has 0 radical (unpaired) electrons. The van der Waals surface area contributed by atoms with Crippen LogP contribution < -0.4 is 4.74 Å². The van der Waals surface area contributed by atoms with E-state index < -0.39 is 29.5 Å². The highest BCUT2D eigenvalue weighted by atomic mass is 19.4. The highest BCUT2D eigenvalue weighted by Crippen LogP contribution is 2.33. The minimum Gasteiger partial charge on any atom is -0.497 e. The van der Waals surface area contributed by atoms with Crippen molar-refractivity contribution >= 4 is 5.78 Å². The number of hydrogen-bond donors (Lipinski definition) is 2. The third kappa shape index (κ3) is 3.02. The maximum atomic E-state index is 13.3. The molecule has 106 valence electrons. The second kappa shape index (κ2) is 5.14. The Hall–Kier alpha value is -1.67. The number of halogens is 4. The lowest BCUT2D eigenvalue weighted by Gasteiger charge is -2.26. The molecule has 0 heterocycles. The number of carbonyl (C=O) groups is 1. The largest absolute Gasteiger partial charge is 0.497 e. The second-order valence-corrected chi connectivity index (χ2v) is 3.68. The Kier molecular flexibility index (Phi) is 4.16. The van der Waals surface area contributed by atoms with E-state index in [1.165, 1.54) is 19.2 Å². The van der Waals surface area contributed by atoms with Gasteiger partial charge in [-0.25, -0.2) is 4.39 Å². The van der Waals surface area contributed by atoms with Gasteiger partial charge in [-0.15, -0.1) is 0 Å². The van der Waals surface area contributed by atoms with Gasteiger partial charge in [-0.1, -0.05) is 0 Å². The molecule has 1 aromatic rings. The molecule has 0 aromatic heterocycles. The van der Waals surface area contributed by atoms with Crippen molar-refractivity contribution in [3.63, 3.8) is 0 Å². The van der Waals surface area contributed by atoms with Crippen LogP contribution in [0, 0.1) is 0 Å². The maximum absolute atomic E-state index is 13.3. The molecule has 0 aliphatic rings. The average molecular weight is 282 g/mol. The van der Waals surface area contributed by atoms with Gasteiger partial charge in [0.1, 0.15) is 5.75 Å². The standard InChI is InChI=1S/C11H10F4O4/c1-19-7-4-2-6(3-5-7)8(16)9(12)10(17,18)11(13,14)15/h2-5,9,17-18H,1H3. The van der Waals surface area contributed by atoms with E-state index in [0.29, 0.717) is 5.75 Å². The highest BCUT2D eigenvalue weighted by molar-refractivity contribution is 6.00. The van der Waals surface area contributed by atoms with E-state index in [9.17, 15) is 22.4 Å². The van der Waals surface area contributed by atoms with E-state index in [2.05, 4.69) is 0 Å². The molecule has 0 spiro atoms. The molecular formula is C11H10F4O4. The highest BCUT2D eigenvalue weighted by Gasteiger charge is 2.61. The van der Waals surface area contributed by atoms with Crippen molar-refractivity contribution in [2.45, 2.75) is 18.1 Å². The SMILES string of the molecule is COc1ccc(C(=O)C(F)C(O)(O)C(F)(F)F)cc1. The van der Waals surface area contributed by atoms with Crippen LogP contribution in [0.15, 0.2) is 24.3 Å². The lowest BCUT2D eigenvalue weighted by Crippen LogP contribution is -2.55. The van der Waals surface area contributed by atoms with Crippen LogP contribution in [0.4, 0.5) is 17.6 Å². The third-order valence-corrected chi connectivity index (χ3v) is 2.38. The first-order valence-electron chi connectivity index (χ1n) is 4.95. The third-order valence-electron chi connectivity index (χ3n) is 2.38. The summed E-state index contributed by atoms with van der Waals surface area (Å²) in [4.78, 5) is 11.4. The monoisotopic (exact) mass is 282 g/mol. The first kappa shape index (κ1) is 15.4. The van der Waals surface area contributed by atoms with Gasteiger partial charge in [0.15, 0.2) is 0 Å². The predicted molar refractivity (Wildman–Crippen MR) is 55.4 cm³/mol. The number of aliphatic hydroxyl groups is 2. The smallest absolute Gasteiger partial charge is 0.446 e. The molecule has 1 atom stereocenters. The van der Waals surface area contributed by atoms with E-state index >= 15 is 0 Å². The Bertz CT molecular complexity index is 453. The minimum absolute atomic E-state index is 0.307. The Balaban J connectivity index is 2.99. The predicted octanol–water partition coefficient (Wildman–Crippen LogP) is 1.46. The van der Waals surface area contributed by atoms with E-state index in [-0.39, 0.29) is 0 Å². The summed E-state index contributed by atoms with van der Waals surface area (Å²) in [6.45, 7) is 0. The fourth-order valence-corrected chi connectivity index (χ4v) is 1.23. The fourth-order valence-electron chi connectivity index (χ4n) is 1.23. The summed E-state index contributed by atoms with van der Waals surface area (Å²) < 4.78 is 54.6. The normalized spacial score (nSPS) is 14.1. The molecule has 1 rings (SSSR count). The van der Waals surface area contributed by atoms with Gasteiger partial charge in [-0.2, -0.15) is 13.2 Å². The number of hydrogen-bond acceptors (Lipinski definition) is 4. The maximum Gasteiger partial charge on any atom is 0.446 e. The van der Waals surface area contributed by atoms with Gasteiger partial charge in [-0.3, -0.25) is 4.79 Å². The molecule has 0 saturated carbocycles. The summed E-state index contributed by atoms with van der Waals surface area (Å²) in [5.74, 6) is -6.11. The van der Waals surface area contributed by atoms with Gasteiger partial charge < -0.3 is 14.9 Å². The molecule has 0 bridgehead atoms. The molecule has 0 aliphatic carbocycles. The van der Waals surface area contributed by atoms with E-state index in [1.54, 1.807) is 0 Å². The fraction of sp³-hybridized carbons (Fsp3) is 0.364. The lowest BCUT2D eigenvalue weighted by atomic mass is 10.0. The van der Waals surface area contributed by atoms with Crippen LogP contribution in [0.5, 0.6) is 5.75 Å². The Labute approximate surface area is 105 Å². The van der Waals surface area contributed by atoms with Gasteiger partial charge in [0.25, 0.3) is 0 Å². The molecule has 0 aliphatic heterocycles. The number of ketones is 1. The van der Waals surface area contributed by atoms with Crippen LogP contribution >= 0.6 is 0 Å². The topological polar surface area (TPSA) is 66.8 Å². The molecule has 19 heavy (non-hydrogen) atoms. The van der Waals surface area contributed by atoms with Crippen molar-refractivity contribution in [2.24, 2.45) is 0 Å². The summed E-state index contributed by atoms with van der Waals surface area (Å²) >= 11 is 0. The number of rotatable bonds is 4. The molecule has 4 nitrogen and oxygen atoms in total. The summed E-state index contributed by atoms with van der Waals surface area (Å²) in [7, 11) is 1.32. The first-order chi connectivity index (χ1) is 8.61. The summed E-state index contributed by atoms with van der Waals surface area (Å²) in [6, 6.07) is 4.48. The van der Waals surface area contributed by atoms with Gasteiger partial charge >= 0.3 is 12.0 Å². The van der Waals surface area contributed by atoms with Crippen LogP contribution in [0.2, 0.25) is 0 Å². The first-order valence-corrected chi connectivity index (χ1v) is 4.95. The van der Waals surface area contributed by atoms with Crippen LogP contribution in [0.3, 0.4) is 0 Å². The number of ether oxygens (including phenoxy) is 1. The lowest BCUT2D eigenvalue weighted by molar-refractivity contribution is -0.362. The second-order valence-electron chi connectivity index (χ2n) is 3.68. The Morgan fingerprint density at radius 1 is 1.21 bits per heavy atom. The summed E-state index contributed by atoms with van der Waals surface area (Å²) in [5, 5.41) is 17.3. The number of Topliss-reactive ketones (excluding diaryl/α,β-unsaturated/α-hetero) is 1. The van der Waals surface area contributed by atoms with E-state index in [1.807, 2.05) is 0 Å². The molecule has 8 heteroatoms. The zero-order chi connectivity index (χ0) is 14.8. The van der Waals surface area contributed by atoms with Crippen molar-refractivity contribution in [3.8, 4) is 5.75 Å². The van der Waals surface area contributed by atoms with Crippen LogP contribution in [0.25, 0.3) is 0 Å². The van der Waals surface area contributed by atoms with Crippen molar-refractivity contribution in [3.05, 3.63) is 29.8 Å². The molecule has 2 N–H and O–H groups in total. The number of methoxy groups -OCH3 is 1. The molecular weight excluding hydrogens is 272 g/mol. The van der Waals surface area contributed by atoms with Crippen molar-refractivity contribution in [1.29, 1.82) is 0 Å². The quantitative estimate of drug-likeness (QED) is 0.498. The van der Waals surface area contributed by atoms with Crippen LogP contribution in [0.1, 0.15) is 10.4 Å². The van der Waals surface area contributed by atoms with Crippen LogP contribution in [-0.2, 0) is 0 Å². The molecule has 1 aromatic carbocycles. The molecule has 1 unspecified atom stereocenters. The molecule has 0 amide bonds. The minimum atomic E-state index is -5.69. The van der Waals surface area contributed by atoms with Gasteiger partial charge in [0.05, 0.1) is 7.11 Å². The average Bonchev–Trinajstić information content (AvgIpc) is 2.35. The Morgan fingerprint density at radius 2 is 1.68 bits per heavy atom. The van der Waals surface area contributed by atoms with Gasteiger partial charge in [-0.05, 0) is 24.3 Å². The van der Waals surface area contributed by atoms with Crippen molar-refractivity contribution in [2.75, 3.05) is 7.11 Å². The Morgan fingerprint density at radius 3 is 2.05 bits per heavy atom. The zero-order valence-corrected chi connectivity index (χ0v) is 9.61. The summed E-state index contributed by atoms with van der Waals surface area (Å²) in [5.41, 5.74) is -0.440. The zero-order valence-electron chi connectivity index (χ0n) is 9.61. The summed E-state index contributed by atoms with van der Waals surface area (Å²) in [6.07, 6.45) is -9.23. The number of benzene rings is 1. The van der Waals surface area contributed by atoms with Gasteiger partial charge in [0, 0.05) is 5.56 Å². The van der Waals surface area contributed by atoms with E-state index in [0.717, 1.165) is 12.1 Å².